The number of hydrazone groups is 1. The van der Waals surface area contributed by atoms with E-state index in [4.69, 9.17) is 4.74 Å². The number of nitrogens with one attached hydrogen (secondary N) is 1. The van der Waals surface area contributed by atoms with Crippen molar-refractivity contribution in [2.75, 3.05) is 0 Å². The Bertz CT molecular complexity index is 955. The molecule has 2 aliphatic rings. The van der Waals surface area contributed by atoms with Gasteiger partial charge in [0, 0.05) is 18.1 Å². The van der Waals surface area contributed by atoms with Crippen LogP contribution in [0.1, 0.15) is 43.7 Å². The molecule has 0 bridgehead atoms. The number of rotatable bonds is 7. The van der Waals surface area contributed by atoms with E-state index in [1.54, 1.807) is 18.3 Å². The molecule has 2 aromatic carbocycles. The minimum Gasteiger partial charge on any atom is -0.489 e. The van der Waals surface area contributed by atoms with Crippen molar-refractivity contribution in [1.29, 1.82) is 0 Å². The summed E-state index contributed by atoms with van der Waals surface area (Å²) < 4.78 is 5.71. The van der Waals surface area contributed by atoms with Gasteiger partial charge in [-0.2, -0.15) is 5.10 Å². The number of amides is 1. The standard InChI is InChI=1S/C23H25N3O4/c1-23-13-3-2-4-20(23)21(23)22(27)25-24-14-16-7-11-19(12-8-16)30-15-17-5-9-18(10-6-17)26(28)29/h5-12,14,20-21H,2-4,13,15H2,1H3,(H,25,27)/b24-14-/t20-,21-,23-/m0/s1. The van der Waals surface area contributed by atoms with E-state index in [-0.39, 0.29) is 22.9 Å². The number of carbonyl (C=O) groups is 1. The van der Waals surface area contributed by atoms with Crippen molar-refractivity contribution in [3.8, 4) is 5.75 Å². The zero-order valence-corrected chi connectivity index (χ0v) is 16.9. The molecule has 2 aliphatic carbocycles. The number of non-ortho nitro benzene ring substituents is 1. The molecule has 0 spiro atoms. The summed E-state index contributed by atoms with van der Waals surface area (Å²) in [4.78, 5) is 22.7. The van der Waals surface area contributed by atoms with E-state index >= 15 is 0 Å². The maximum absolute atomic E-state index is 12.4. The lowest BCUT2D eigenvalue weighted by Crippen LogP contribution is -2.22. The van der Waals surface area contributed by atoms with Crippen LogP contribution < -0.4 is 10.2 Å². The van der Waals surface area contributed by atoms with Crippen molar-refractivity contribution < 1.29 is 14.5 Å². The summed E-state index contributed by atoms with van der Waals surface area (Å²) in [5, 5.41) is 14.8. The Morgan fingerprint density at radius 3 is 2.60 bits per heavy atom. The van der Waals surface area contributed by atoms with Gasteiger partial charge in [-0.1, -0.05) is 19.8 Å². The minimum atomic E-state index is -0.425. The Hall–Kier alpha value is -3.22. The third-order valence-electron chi connectivity index (χ3n) is 6.43. The summed E-state index contributed by atoms with van der Waals surface area (Å²) in [7, 11) is 0. The lowest BCUT2D eigenvalue weighted by Gasteiger charge is -2.15. The predicted octanol–water partition coefficient (Wildman–Crippen LogP) is 4.45. The fourth-order valence-corrected chi connectivity index (χ4v) is 4.62. The highest BCUT2D eigenvalue weighted by Gasteiger charge is 2.64. The molecule has 2 fully saturated rings. The second kappa shape index (κ2) is 8.26. The van der Waals surface area contributed by atoms with Crippen LogP contribution in [0.15, 0.2) is 53.6 Å². The van der Waals surface area contributed by atoms with Gasteiger partial charge in [0.25, 0.3) is 5.69 Å². The molecule has 1 amide bonds. The summed E-state index contributed by atoms with van der Waals surface area (Å²) in [5.41, 5.74) is 4.65. The zero-order valence-electron chi connectivity index (χ0n) is 16.9. The molecule has 2 aromatic rings. The summed E-state index contributed by atoms with van der Waals surface area (Å²) >= 11 is 0. The highest BCUT2D eigenvalue weighted by atomic mass is 16.6. The Morgan fingerprint density at radius 1 is 1.23 bits per heavy atom. The molecule has 156 valence electrons. The first-order chi connectivity index (χ1) is 14.5. The van der Waals surface area contributed by atoms with Crippen LogP contribution in [-0.2, 0) is 11.4 Å². The number of ether oxygens (including phenoxy) is 1. The number of nitro groups is 1. The van der Waals surface area contributed by atoms with Crippen LogP contribution in [0.25, 0.3) is 0 Å². The molecule has 7 nitrogen and oxygen atoms in total. The van der Waals surface area contributed by atoms with E-state index < -0.39 is 4.92 Å². The predicted molar refractivity (Wildman–Crippen MR) is 113 cm³/mol. The fourth-order valence-electron chi connectivity index (χ4n) is 4.62. The normalized spacial score (nSPS) is 24.8. The van der Waals surface area contributed by atoms with Gasteiger partial charge in [-0.05, 0) is 71.7 Å². The van der Waals surface area contributed by atoms with Gasteiger partial charge in [0.05, 0.1) is 11.1 Å². The topological polar surface area (TPSA) is 93.8 Å². The van der Waals surface area contributed by atoms with Gasteiger partial charge >= 0.3 is 0 Å². The van der Waals surface area contributed by atoms with Gasteiger partial charge in [0.15, 0.2) is 0 Å². The average Bonchev–Trinajstić information content (AvgIpc) is 3.39. The van der Waals surface area contributed by atoms with Crippen LogP contribution in [0.5, 0.6) is 5.75 Å². The number of nitro benzene ring substituents is 1. The zero-order chi connectivity index (χ0) is 21.1. The maximum atomic E-state index is 12.4. The molecular weight excluding hydrogens is 382 g/mol. The van der Waals surface area contributed by atoms with Crippen molar-refractivity contribution in [3.63, 3.8) is 0 Å². The van der Waals surface area contributed by atoms with Gasteiger partial charge in [0.2, 0.25) is 5.91 Å². The Kier molecular flexibility index (Phi) is 5.53. The van der Waals surface area contributed by atoms with E-state index in [0.29, 0.717) is 18.3 Å². The Labute approximate surface area is 175 Å². The Balaban J connectivity index is 1.25. The van der Waals surface area contributed by atoms with Gasteiger partial charge in [-0.3, -0.25) is 14.9 Å². The first-order valence-electron chi connectivity index (χ1n) is 10.3. The smallest absolute Gasteiger partial charge is 0.269 e. The van der Waals surface area contributed by atoms with Gasteiger partial charge in [0.1, 0.15) is 12.4 Å². The SMILES string of the molecule is C[C@]12CCCC[C@H]1[C@H]2C(=O)N/N=C\c1ccc(OCc2ccc([N+](=O)[O-])cc2)cc1. The number of hydrogen-bond donors (Lipinski definition) is 1. The van der Waals surface area contributed by atoms with Crippen molar-refractivity contribution >= 4 is 17.8 Å². The maximum Gasteiger partial charge on any atom is 0.269 e. The van der Waals surface area contributed by atoms with Crippen molar-refractivity contribution in [2.24, 2.45) is 22.4 Å². The molecule has 0 saturated heterocycles. The minimum absolute atomic E-state index is 0.0312. The van der Waals surface area contributed by atoms with E-state index in [0.717, 1.165) is 24.0 Å². The number of hydrogen-bond acceptors (Lipinski definition) is 5. The lowest BCUT2D eigenvalue weighted by molar-refractivity contribution is -0.384. The van der Waals surface area contributed by atoms with E-state index in [9.17, 15) is 14.9 Å². The molecule has 30 heavy (non-hydrogen) atoms. The first-order valence-corrected chi connectivity index (χ1v) is 10.3. The number of benzene rings is 2. The molecule has 0 radical (unpaired) electrons. The van der Waals surface area contributed by atoms with E-state index in [1.165, 1.54) is 25.0 Å². The summed E-state index contributed by atoms with van der Waals surface area (Å²) in [6.45, 7) is 2.54. The van der Waals surface area contributed by atoms with Gasteiger partial charge < -0.3 is 4.74 Å². The molecule has 0 heterocycles. The van der Waals surface area contributed by atoms with E-state index in [2.05, 4.69) is 17.5 Å². The summed E-state index contributed by atoms with van der Waals surface area (Å²) in [6.07, 6.45) is 6.37. The lowest BCUT2D eigenvalue weighted by atomic mass is 9.90. The quantitative estimate of drug-likeness (QED) is 0.417. The molecule has 0 unspecified atom stereocenters. The fraction of sp³-hybridized carbons (Fsp3) is 0.391. The first kappa shape index (κ1) is 20.1. The molecular formula is C23H25N3O4. The molecule has 7 heteroatoms. The van der Waals surface area contributed by atoms with Crippen LogP contribution >= 0.6 is 0 Å². The highest BCUT2D eigenvalue weighted by Crippen LogP contribution is 2.66. The van der Waals surface area contributed by atoms with Gasteiger partial charge in [-0.25, -0.2) is 5.43 Å². The summed E-state index contributed by atoms with van der Waals surface area (Å²) in [6, 6.07) is 13.7. The third kappa shape index (κ3) is 4.20. The summed E-state index contributed by atoms with van der Waals surface area (Å²) in [5.74, 6) is 1.34. The molecule has 2 saturated carbocycles. The highest BCUT2D eigenvalue weighted by molar-refractivity contribution is 5.85. The Morgan fingerprint density at radius 2 is 1.97 bits per heavy atom. The van der Waals surface area contributed by atoms with Crippen LogP contribution in [0, 0.1) is 27.4 Å². The monoisotopic (exact) mass is 407 g/mol. The van der Waals surface area contributed by atoms with Crippen molar-refractivity contribution in [2.45, 2.75) is 39.2 Å². The van der Waals surface area contributed by atoms with E-state index in [1.807, 2.05) is 24.3 Å². The second-order valence-electron chi connectivity index (χ2n) is 8.35. The molecule has 4 rings (SSSR count). The van der Waals surface area contributed by atoms with Crippen molar-refractivity contribution in [3.05, 3.63) is 69.8 Å². The van der Waals surface area contributed by atoms with Crippen LogP contribution in [0.2, 0.25) is 0 Å². The molecule has 0 aliphatic heterocycles. The van der Waals surface area contributed by atoms with Crippen LogP contribution in [0.3, 0.4) is 0 Å². The molecule has 0 aromatic heterocycles. The van der Waals surface area contributed by atoms with Gasteiger partial charge in [-0.15, -0.1) is 0 Å². The molecule has 1 N–H and O–H groups in total. The van der Waals surface area contributed by atoms with Crippen LogP contribution in [0.4, 0.5) is 5.69 Å². The third-order valence-corrected chi connectivity index (χ3v) is 6.43. The molecule has 3 atom stereocenters. The van der Waals surface area contributed by atoms with Crippen LogP contribution in [-0.4, -0.2) is 17.0 Å². The number of carbonyl (C=O) groups excluding carboxylic acids is 1. The second-order valence-corrected chi connectivity index (χ2v) is 8.35. The number of nitrogens with zero attached hydrogens (tertiary/aromatic N) is 2. The largest absolute Gasteiger partial charge is 0.489 e. The van der Waals surface area contributed by atoms with Crippen molar-refractivity contribution in [1.82, 2.24) is 5.43 Å². The average molecular weight is 407 g/mol. The number of fused-ring (bicyclic) bond motifs is 1.